The monoisotopic (exact) mass is 378 g/mol. The van der Waals surface area contributed by atoms with Crippen LogP contribution in [0.15, 0.2) is 52.9 Å². The van der Waals surface area contributed by atoms with E-state index in [1.54, 1.807) is 38.4 Å². The first-order valence-corrected chi connectivity index (χ1v) is 8.93. The first-order chi connectivity index (χ1) is 13.4. The van der Waals surface area contributed by atoms with Crippen LogP contribution in [-0.4, -0.2) is 41.0 Å². The Bertz CT molecular complexity index is 960. The number of benzene rings is 2. The lowest BCUT2D eigenvalue weighted by molar-refractivity contribution is -0.116. The Morgan fingerprint density at radius 1 is 1.00 bits per heavy atom. The van der Waals surface area contributed by atoms with Crippen LogP contribution in [0, 0.1) is 6.92 Å². The molecule has 0 aliphatic heterocycles. The number of hydrogen-bond acceptors (Lipinski definition) is 5. The molecular weight excluding hydrogens is 356 g/mol. The SMILES string of the molecule is Cc1ccc(-c2nnc(CCC(=O)Nc3ccc(C(=O)N(C)C)cc3)o2)cc1. The van der Waals surface area contributed by atoms with Crippen molar-refractivity contribution in [2.45, 2.75) is 19.8 Å². The zero-order valence-electron chi connectivity index (χ0n) is 16.1. The Hall–Kier alpha value is -3.48. The summed E-state index contributed by atoms with van der Waals surface area (Å²) in [6.45, 7) is 2.01. The number of hydrogen-bond donors (Lipinski definition) is 1. The lowest BCUT2D eigenvalue weighted by Crippen LogP contribution is -2.21. The summed E-state index contributed by atoms with van der Waals surface area (Å²) in [5, 5.41) is 10.8. The van der Waals surface area contributed by atoms with E-state index >= 15 is 0 Å². The topological polar surface area (TPSA) is 88.3 Å². The van der Waals surface area contributed by atoms with Gasteiger partial charge in [0.1, 0.15) is 0 Å². The minimum Gasteiger partial charge on any atom is -0.421 e. The van der Waals surface area contributed by atoms with Crippen LogP contribution in [0.1, 0.15) is 28.2 Å². The summed E-state index contributed by atoms with van der Waals surface area (Å²) in [6.07, 6.45) is 0.565. The third-order valence-electron chi connectivity index (χ3n) is 4.15. The third kappa shape index (κ3) is 4.82. The van der Waals surface area contributed by atoms with Crippen LogP contribution in [0.5, 0.6) is 0 Å². The minimum absolute atomic E-state index is 0.0846. The Kier molecular flexibility index (Phi) is 5.84. The number of carbonyl (C=O) groups excluding carboxylic acids is 2. The predicted octanol–water partition coefficient (Wildman–Crippen LogP) is 3.32. The van der Waals surface area contributed by atoms with Gasteiger partial charge in [0.05, 0.1) is 0 Å². The summed E-state index contributed by atoms with van der Waals surface area (Å²) >= 11 is 0. The number of amides is 2. The van der Waals surface area contributed by atoms with E-state index in [4.69, 9.17) is 4.42 Å². The van der Waals surface area contributed by atoms with Crippen LogP contribution >= 0.6 is 0 Å². The van der Waals surface area contributed by atoms with Crippen molar-refractivity contribution in [3.8, 4) is 11.5 Å². The van der Waals surface area contributed by atoms with E-state index in [2.05, 4.69) is 15.5 Å². The number of aryl methyl sites for hydroxylation is 2. The summed E-state index contributed by atoms with van der Waals surface area (Å²) in [5.41, 5.74) is 3.20. The van der Waals surface area contributed by atoms with E-state index in [0.29, 0.717) is 29.5 Å². The van der Waals surface area contributed by atoms with Crippen molar-refractivity contribution in [3.63, 3.8) is 0 Å². The van der Waals surface area contributed by atoms with Gasteiger partial charge >= 0.3 is 0 Å². The molecule has 3 rings (SSSR count). The molecule has 1 aromatic heterocycles. The average molecular weight is 378 g/mol. The van der Waals surface area contributed by atoms with Crippen molar-refractivity contribution in [1.82, 2.24) is 15.1 Å². The Balaban J connectivity index is 1.53. The molecule has 0 aliphatic carbocycles. The zero-order chi connectivity index (χ0) is 20.1. The molecule has 0 saturated heterocycles. The minimum atomic E-state index is -0.165. The molecule has 3 aromatic rings. The number of anilines is 1. The van der Waals surface area contributed by atoms with Gasteiger partial charge in [-0.1, -0.05) is 17.7 Å². The molecule has 0 atom stereocenters. The summed E-state index contributed by atoms with van der Waals surface area (Å²) < 4.78 is 5.63. The van der Waals surface area contributed by atoms with Gasteiger partial charge in [-0.05, 0) is 43.3 Å². The highest BCUT2D eigenvalue weighted by atomic mass is 16.4. The average Bonchev–Trinajstić information content (AvgIpc) is 3.16. The summed E-state index contributed by atoms with van der Waals surface area (Å²) in [7, 11) is 3.39. The smallest absolute Gasteiger partial charge is 0.253 e. The third-order valence-corrected chi connectivity index (χ3v) is 4.15. The number of nitrogens with zero attached hydrogens (tertiary/aromatic N) is 3. The van der Waals surface area contributed by atoms with E-state index in [0.717, 1.165) is 11.1 Å². The van der Waals surface area contributed by atoms with Crippen LogP contribution in [0.3, 0.4) is 0 Å². The van der Waals surface area contributed by atoms with E-state index in [-0.39, 0.29) is 18.2 Å². The maximum absolute atomic E-state index is 12.2. The van der Waals surface area contributed by atoms with Crippen LogP contribution in [0.25, 0.3) is 11.5 Å². The molecular formula is C21H22N4O3. The first kappa shape index (κ1) is 19.3. The van der Waals surface area contributed by atoms with Gasteiger partial charge in [0.15, 0.2) is 0 Å². The van der Waals surface area contributed by atoms with Crippen molar-refractivity contribution < 1.29 is 14.0 Å². The second-order valence-corrected chi connectivity index (χ2v) is 6.69. The largest absolute Gasteiger partial charge is 0.421 e. The number of aromatic nitrogens is 2. The lowest BCUT2D eigenvalue weighted by atomic mass is 10.1. The molecule has 0 spiro atoms. The van der Waals surface area contributed by atoms with E-state index in [1.807, 2.05) is 31.2 Å². The molecule has 0 bridgehead atoms. The Morgan fingerprint density at radius 2 is 1.68 bits per heavy atom. The van der Waals surface area contributed by atoms with Gasteiger partial charge in [0.25, 0.3) is 5.91 Å². The highest BCUT2D eigenvalue weighted by molar-refractivity contribution is 5.95. The van der Waals surface area contributed by atoms with Gasteiger partial charge in [-0.25, -0.2) is 0 Å². The quantitative estimate of drug-likeness (QED) is 0.711. The van der Waals surface area contributed by atoms with Gasteiger partial charge in [-0.15, -0.1) is 10.2 Å². The summed E-state index contributed by atoms with van der Waals surface area (Å²) in [4.78, 5) is 25.5. The number of carbonyl (C=O) groups is 2. The molecule has 0 aliphatic rings. The molecule has 0 radical (unpaired) electrons. The Labute approximate surface area is 163 Å². The molecule has 0 unspecified atom stereocenters. The molecule has 7 nitrogen and oxygen atoms in total. The molecule has 0 fully saturated rings. The second kappa shape index (κ2) is 8.47. The predicted molar refractivity (Wildman–Crippen MR) is 106 cm³/mol. The molecule has 2 aromatic carbocycles. The molecule has 1 N–H and O–H groups in total. The van der Waals surface area contributed by atoms with Crippen molar-refractivity contribution in [2.24, 2.45) is 0 Å². The van der Waals surface area contributed by atoms with Gasteiger partial charge in [-0.3, -0.25) is 9.59 Å². The maximum Gasteiger partial charge on any atom is 0.253 e. The van der Waals surface area contributed by atoms with Crippen molar-refractivity contribution in [2.75, 3.05) is 19.4 Å². The fraction of sp³-hybridized carbons (Fsp3) is 0.238. The van der Waals surface area contributed by atoms with Gasteiger partial charge < -0.3 is 14.6 Å². The highest BCUT2D eigenvalue weighted by Crippen LogP contribution is 2.19. The first-order valence-electron chi connectivity index (χ1n) is 8.93. The van der Waals surface area contributed by atoms with Crippen LogP contribution < -0.4 is 5.32 Å². The normalized spacial score (nSPS) is 10.5. The zero-order valence-corrected chi connectivity index (χ0v) is 16.1. The standard InChI is InChI=1S/C21H22N4O3/c1-14-4-6-15(7-5-14)20-24-23-19(28-20)13-12-18(26)22-17-10-8-16(9-11-17)21(27)25(2)3/h4-11H,12-13H2,1-3H3,(H,22,26). The molecule has 144 valence electrons. The van der Waals surface area contributed by atoms with Gasteiger partial charge in [0.2, 0.25) is 17.7 Å². The lowest BCUT2D eigenvalue weighted by Gasteiger charge is -2.10. The molecule has 2 amide bonds. The van der Waals surface area contributed by atoms with Crippen LogP contribution in [0.2, 0.25) is 0 Å². The van der Waals surface area contributed by atoms with Gasteiger partial charge in [-0.2, -0.15) is 0 Å². The molecule has 1 heterocycles. The van der Waals surface area contributed by atoms with Gasteiger partial charge in [0, 0.05) is 43.8 Å². The number of rotatable bonds is 6. The Morgan fingerprint density at radius 3 is 2.32 bits per heavy atom. The molecule has 7 heteroatoms. The van der Waals surface area contributed by atoms with Crippen molar-refractivity contribution >= 4 is 17.5 Å². The van der Waals surface area contributed by atoms with E-state index in [9.17, 15) is 9.59 Å². The summed E-state index contributed by atoms with van der Waals surface area (Å²) in [5.74, 6) is 0.606. The fourth-order valence-electron chi connectivity index (χ4n) is 2.57. The van der Waals surface area contributed by atoms with E-state index < -0.39 is 0 Å². The van der Waals surface area contributed by atoms with Crippen molar-refractivity contribution in [1.29, 1.82) is 0 Å². The van der Waals surface area contributed by atoms with Crippen molar-refractivity contribution in [3.05, 3.63) is 65.5 Å². The highest BCUT2D eigenvalue weighted by Gasteiger charge is 2.12. The van der Waals surface area contributed by atoms with E-state index in [1.165, 1.54) is 4.90 Å². The van der Waals surface area contributed by atoms with Crippen LogP contribution in [0.4, 0.5) is 5.69 Å². The second-order valence-electron chi connectivity index (χ2n) is 6.69. The van der Waals surface area contributed by atoms with Crippen LogP contribution in [-0.2, 0) is 11.2 Å². The molecule has 0 saturated carbocycles. The maximum atomic E-state index is 12.2. The summed E-state index contributed by atoms with van der Waals surface area (Å²) in [6, 6.07) is 14.6. The molecule has 28 heavy (non-hydrogen) atoms. The fourth-order valence-corrected chi connectivity index (χ4v) is 2.57. The number of nitrogens with one attached hydrogen (secondary N) is 1.